The van der Waals surface area contributed by atoms with Crippen LogP contribution >= 0.6 is 22.6 Å². The van der Waals surface area contributed by atoms with Crippen LogP contribution in [0.4, 0.5) is 0 Å². The summed E-state index contributed by atoms with van der Waals surface area (Å²) in [5.74, 6) is 0. The summed E-state index contributed by atoms with van der Waals surface area (Å²) in [5.41, 5.74) is 0. The molecule has 0 spiro atoms. The summed E-state index contributed by atoms with van der Waals surface area (Å²) in [6, 6.07) is 21.9. The average molecular weight is 368 g/mol. The summed E-state index contributed by atoms with van der Waals surface area (Å²) in [6.45, 7) is 0. The second-order valence-electron chi connectivity index (χ2n) is 3.34. The predicted octanol–water partition coefficient (Wildman–Crippen LogP) is 2.27. The van der Waals surface area contributed by atoms with E-state index in [1.165, 1.54) is 3.26 Å². The second kappa shape index (κ2) is 5.70. The zero-order valence-corrected chi connectivity index (χ0v) is 12.6. The van der Waals surface area contributed by atoms with Gasteiger partial charge >= 0.3 is 110 Å². The summed E-state index contributed by atoms with van der Waals surface area (Å²) < 4.78 is 4.42. The Balaban J connectivity index is 2.34. The van der Waals surface area contributed by atoms with Gasteiger partial charge in [0.05, 0.1) is 0 Å². The molecule has 0 atom stereocenters. The normalized spacial score (nSPS) is 10.5. The third-order valence-corrected chi connectivity index (χ3v) is 11.2. The molecule has 1 radical (unpaired) electrons. The number of benzene rings is 2. The molecular weight excluding hydrogens is 356 g/mol. The topological polar surface area (TPSA) is 0 Å². The molecule has 2 heteroatoms. The minimum atomic E-state index is -1.24. The van der Waals surface area contributed by atoms with Crippen LogP contribution in [0, 0.1) is 0 Å². The first-order valence-corrected chi connectivity index (χ1v) is 10.0. The van der Waals surface area contributed by atoms with E-state index in [0.717, 1.165) is 0 Å². The summed E-state index contributed by atoms with van der Waals surface area (Å²) in [7, 11) is 0. The van der Waals surface area contributed by atoms with Crippen molar-refractivity contribution in [3.8, 4) is 0 Å². The van der Waals surface area contributed by atoms with Crippen molar-refractivity contribution >= 4 is 45.7 Å². The molecule has 0 amide bonds. The number of rotatable bonds is 3. The second-order valence-corrected chi connectivity index (χ2v) is 12.3. The zero-order chi connectivity index (χ0) is 10.5. The van der Waals surface area contributed by atoms with E-state index in [-0.39, 0.29) is 0 Å². The SMILES string of the molecule is I[CH2][Ge]([c]1ccccc1)[c]1ccccc1. The van der Waals surface area contributed by atoms with Gasteiger partial charge in [0.2, 0.25) is 0 Å². The van der Waals surface area contributed by atoms with E-state index in [1.54, 1.807) is 8.79 Å². The van der Waals surface area contributed by atoms with Crippen LogP contribution in [0.2, 0.25) is 0 Å². The van der Waals surface area contributed by atoms with Crippen molar-refractivity contribution in [3.05, 3.63) is 60.7 Å². The van der Waals surface area contributed by atoms with Gasteiger partial charge in [-0.1, -0.05) is 0 Å². The van der Waals surface area contributed by atoms with Gasteiger partial charge in [-0.15, -0.1) is 0 Å². The van der Waals surface area contributed by atoms with Crippen LogP contribution in [0.1, 0.15) is 0 Å². The van der Waals surface area contributed by atoms with Crippen LogP contribution in [0.5, 0.6) is 0 Å². The quantitative estimate of drug-likeness (QED) is 0.443. The van der Waals surface area contributed by atoms with Gasteiger partial charge < -0.3 is 0 Å². The van der Waals surface area contributed by atoms with Crippen molar-refractivity contribution in [1.82, 2.24) is 0 Å². The van der Waals surface area contributed by atoms with Gasteiger partial charge in [-0.3, -0.25) is 0 Å². The Morgan fingerprint density at radius 2 is 1.13 bits per heavy atom. The van der Waals surface area contributed by atoms with Gasteiger partial charge in [0.15, 0.2) is 0 Å². The molecule has 0 nitrogen and oxygen atoms in total. The monoisotopic (exact) mass is 369 g/mol. The van der Waals surface area contributed by atoms with Gasteiger partial charge in [-0.2, -0.15) is 0 Å². The first-order valence-electron chi connectivity index (χ1n) is 4.94. The van der Waals surface area contributed by atoms with Crippen LogP contribution in [0.25, 0.3) is 0 Å². The fraction of sp³-hybridized carbons (Fsp3) is 0.0769. The van der Waals surface area contributed by atoms with Crippen molar-refractivity contribution in [2.75, 3.05) is 3.26 Å². The predicted molar refractivity (Wildman–Crippen MR) is 76.8 cm³/mol. The molecule has 2 aromatic rings. The van der Waals surface area contributed by atoms with E-state index >= 15 is 0 Å². The fourth-order valence-electron chi connectivity index (χ4n) is 1.60. The maximum absolute atomic E-state index is 2.53. The Labute approximate surface area is 109 Å². The van der Waals surface area contributed by atoms with Gasteiger partial charge in [-0.05, 0) is 0 Å². The molecule has 0 heterocycles. The van der Waals surface area contributed by atoms with Crippen LogP contribution < -0.4 is 8.79 Å². The number of halogens is 1. The van der Waals surface area contributed by atoms with E-state index in [2.05, 4.69) is 83.3 Å². The summed E-state index contributed by atoms with van der Waals surface area (Å²) in [6.07, 6.45) is 0. The average Bonchev–Trinajstić information content (AvgIpc) is 2.33. The molecule has 0 unspecified atom stereocenters. The van der Waals surface area contributed by atoms with Crippen molar-refractivity contribution in [2.45, 2.75) is 0 Å². The van der Waals surface area contributed by atoms with Gasteiger partial charge in [0.1, 0.15) is 0 Å². The van der Waals surface area contributed by atoms with Gasteiger partial charge in [-0.25, -0.2) is 0 Å². The van der Waals surface area contributed by atoms with E-state index in [4.69, 9.17) is 0 Å². The Hall–Kier alpha value is -0.287. The van der Waals surface area contributed by atoms with Crippen LogP contribution in [0.15, 0.2) is 60.7 Å². The molecule has 0 saturated carbocycles. The van der Waals surface area contributed by atoms with Crippen molar-refractivity contribution in [1.29, 1.82) is 0 Å². The number of hydrogen-bond donors (Lipinski definition) is 0. The molecular formula is C13H12GeI. The van der Waals surface area contributed by atoms with E-state index < -0.39 is 14.3 Å². The van der Waals surface area contributed by atoms with Crippen LogP contribution in [0.3, 0.4) is 0 Å². The first-order chi connectivity index (χ1) is 7.42. The Morgan fingerprint density at radius 3 is 1.47 bits per heavy atom. The van der Waals surface area contributed by atoms with E-state index in [0.29, 0.717) is 0 Å². The standard InChI is InChI=1S/C13H12GeI/c15-11-14(12-7-3-1-4-8-12)13-9-5-2-6-10-13/h1-10H,11H2. The molecule has 0 aliphatic carbocycles. The summed E-state index contributed by atoms with van der Waals surface area (Å²) in [5, 5.41) is 0. The summed E-state index contributed by atoms with van der Waals surface area (Å²) in [4.78, 5) is 0. The Bertz CT molecular complexity index is 360. The minimum absolute atomic E-state index is 1.24. The van der Waals surface area contributed by atoms with Gasteiger partial charge in [0.25, 0.3) is 0 Å². The van der Waals surface area contributed by atoms with Crippen LogP contribution in [-0.2, 0) is 0 Å². The molecule has 15 heavy (non-hydrogen) atoms. The van der Waals surface area contributed by atoms with Crippen LogP contribution in [-0.4, -0.2) is 17.6 Å². The first kappa shape index (κ1) is 11.2. The van der Waals surface area contributed by atoms with E-state index in [1.807, 2.05) is 0 Å². The number of hydrogen-bond acceptors (Lipinski definition) is 0. The van der Waals surface area contributed by atoms with Crippen molar-refractivity contribution in [3.63, 3.8) is 0 Å². The fourth-order valence-corrected chi connectivity index (χ4v) is 10.0. The molecule has 0 saturated heterocycles. The van der Waals surface area contributed by atoms with Gasteiger partial charge in [0, 0.05) is 0 Å². The maximum atomic E-state index is 2.53. The molecule has 0 aromatic heterocycles. The van der Waals surface area contributed by atoms with E-state index in [9.17, 15) is 0 Å². The number of alkyl halides is 1. The third kappa shape index (κ3) is 2.85. The molecule has 2 rings (SSSR count). The Kier molecular flexibility index (Phi) is 4.26. The molecule has 0 aliphatic rings. The van der Waals surface area contributed by atoms with Crippen molar-refractivity contribution in [2.24, 2.45) is 0 Å². The molecule has 0 aliphatic heterocycles. The molecule has 0 bridgehead atoms. The molecule has 75 valence electrons. The van der Waals surface area contributed by atoms with Crippen molar-refractivity contribution < 1.29 is 0 Å². The Morgan fingerprint density at radius 1 is 0.733 bits per heavy atom. The molecule has 0 fully saturated rings. The third-order valence-electron chi connectivity index (χ3n) is 2.38. The zero-order valence-electron chi connectivity index (χ0n) is 8.36. The molecule has 0 N–H and O–H groups in total. The summed E-state index contributed by atoms with van der Waals surface area (Å²) >= 11 is 1.29. The molecule has 2 aromatic carbocycles.